The molecule has 0 amide bonds. The first-order valence-corrected chi connectivity index (χ1v) is 7.10. The molecule has 2 aromatic rings. The van der Waals surface area contributed by atoms with Crippen molar-refractivity contribution >= 4 is 29.1 Å². The van der Waals surface area contributed by atoms with Gasteiger partial charge >= 0.3 is 0 Å². The van der Waals surface area contributed by atoms with E-state index >= 15 is 0 Å². The quantitative estimate of drug-likeness (QED) is 0.585. The van der Waals surface area contributed by atoms with Crippen LogP contribution in [0.3, 0.4) is 0 Å². The van der Waals surface area contributed by atoms with Gasteiger partial charge < -0.3 is 0 Å². The summed E-state index contributed by atoms with van der Waals surface area (Å²) in [5.74, 6) is 0.174. The Bertz CT molecular complexity index is 596. The molecule has 0 aromatic heterocycles. The molecule has 2 rings (SSSR count). The highest BCUT2D eigenvalue weighted by molar-refractivity contribution is 7.98. The molecule has 0 N–H and O–H groups in total. The third-order valence-electron chi connectivity index (χ3n) is 2.65. The molecule has 0 fully saturated rings. The molecule has 0 spiro atoms. The SMILES string of the molecule is CC(=O)c1ccc(SCc2ccc(Cl)cc2)c(F)c1. The Balaban J connectivity index is 2.07. The van der Waals surface area contributed by atoms with Crippen LogP contribution in [0.4, 0.5) is 4.39 Å². The number of benzene rings is 2. The second-order valence-corrected chi connectivity index (χ2v) is 5.57. The first kappa shape index (κ1) is 14.1. The van der Waals surface area contributed by atoms with Crippen molar-refractivity contribution in [1.82, 2.24) is 0 Å². The van der Waals surface area contributed by atoms with Crippen LogP contribution in [0.1, 0.15) is 22.8 Å². The van der Waals surface area contributed by atoms with Gasteiger partial charge in [-0.3, -0.25) is 4.79 Å². The summed E-state index contributed by atoms with van der Waals surface area (Å²) in [6.45, 7) is 1.43. The van der Waals surface area contributed by atoms with E-state index in [1.165, 1.54) is 24.8 Å². The fourth-order valence-electron chi connectivity index (χ4n) is 1.58. The number of ketones is 1. The molecule has 2 aromatic carbocycles. The number of halogens is 2. The number of Topliss-reactive ketones (excluding diaryl/α,β-unsaturated/α-hetero) is 1. The summed E-state index contributed by atoms with van der Waals surface area (Å²) in [5, 5.41) is 0.686. The molecule has 0 aliphatic heterocycles. The predicted octanol–water partition coefficient (Wildman–Crippen LogP) is 4.97. The molecular weight excluding hydrogens is 283 g/mol. The minimum absolute atomic E-state index is 0.131. The summed E-state index contributed by atoms with van der Waals surface area (Å²) in [6.07, 6.45) is 0. The summed E-state index contributed by atoms with van der Waals surface area (Å²) in [5.41, 5.74) is 1.47. The molecule has 0 aliphatic rings. The van der Waals surface area contributed by atoms with Crippen molar-refractivity contribution in [2.75, 3.05) is 0 Å². The largest absolute Gasteiger partial charge is 0.295 e. The van der Waals surface area contributed by atoms with Gasteiger partial charge in [0.15, 0.2) is 5.78 Å². The van der Waals surface area contributed by atoms with Crippen LogP contribution in [0.2, 0.25) is 5.02 Å². The highest BCUT2D eigenvalue weighted by Gasteiger charge is 2.07. The third kappa shape index (κ3) is 3.82. The van der Waals surface area contributed by atoms with Gasteiger partial charge in [0.1, 0.15) is 5.82 Å². The molecule has 0 saturated carbocycles. The van der Waals surface area contributed by atoms with E-state index in [0.29, 0.717) is 21.2 Å². The molecule has 0 unspecified atom stereocenters. The molecule has 0 bridgehead atoms. The lowest BCUT2D eigenvalue weighted by Crippen LogP contribution is -1.94. The minimum atomic E-state index is -0.355. The van der Waals surface area contributed by atoms with Gasteiger partial charge in [0.25, 0.3) is 0 Å². The van der Waals surface area contributed by atoms with Gasteiger partial charge in [-0.05, 0) is 36.8 Å². The maximum atomic E-state index is 13.8. The summed E-state index contributed by atoms with van der Waals surface area (Å²) >= 11 is 7.20. The summed E-state index contributed by atoms with van der Waals surface area (Å²) in [4.78, 5) is 11.7. The van der Waals surface area contributed by atoms with Crippen molar-refractivity contribution in [1.29, 1.82) is 0 Å². The predicted molar refractivity (Wildman–Crippen MR) is 77.4 cm³/mol. The Labute approximate surface area is 120 Å². The second-order valence-electron chi connectivity index (χ2n) is 4.12. The molecule has 0 atom stereocenters. The monoisotopic (exact) mass is 294 g/mol. The number of carbonyl (C=O) groups is 1. The Kier molecular flexibility index (Phi) is 4.61. The van der Waals surface area contributed by atoms with Gasteiger partial charge in [0.05, 0.1) is 0 Å². The fraction of sp³-hybridized carbons (Fsp3) is 0.133. The Morgan fingerprint density at radius 1 is 1.21 bits per heavy atom. The number of hydrogen-bond donors (Lipinski definition) is 0. The van der Waals surface area contributed by atoms with E-state index in [2.05, 4.69) is 0 Å². The van der Waals surface area contributed by atoms with Crippen molar-refractivity contribution in [3.05, 3.63) is 64.4 Å². The second kappa shape index (κ2) is 6.22. The van der Waals surface area contributed by atoms with E-state index < -0.39 is 0 Å². The van der Waals surface area contributed by atoms with Gasteiger partial charge in [-0.25, -0.2) is 4.39 Å². The van der Waals surface area contributed by atoms with Gasteiger partial charge in [0.2, 0.25) is 0 Å². The number of hydrogen-bond acceptors (Lipinski definition) is 2. The Hall–Kier alpha value is -1.32. The number of rotatable bonds is 4. The molecule has 98 valence electrons. The Morgan fingerprint density at radius 2 is 1.89 bits per heavy atom. The molecule has 1 nitrogen and oxygen atoms in total. The summed E-state index contributed by atoms with van der Waals surface area (Å²) in [7, 11) is 0. The van der Waals surface area contributed by atoms with Crippen LogP contribution >= 0.6 is 23.4 Å². The highest BCUT2D eigenvalue weighted by Crippen LogP contribution is 2.26. The van der Waals surface area contributed by atoms with E-state index in [9.17, 15) is 9.18 Å². The zero-order valence-corrected chi connectivity index (χ0v) is 11.9. The smallest absolute Gasteiger partial charge is 0.159 e. The normalized spacial score (nSPS) is 10.5. The fourth-order valence-corrected chi connectivity index (χ4v) is 2.58. The molecule has 4 heteroatoms. The summed E-state index contributed by atoms with van der Waals surface area (Å²) in [6, 6.07) is 12.0. The van der Waals surface area contributed by atoms with E-state index in [4.69, 9.17) is 11.6 Å². The van der Waals surface area contributed by atoms with Gasteiger partial charge in [-0.2, -0.15) is 0 Å². The van der Waals surface area contributed by atoms with Crippen molar-refractivity contribution in [2.45, 2.75) is 17.6 Å². The van der Waals surface area contributed by atoms with E-state index in [1.807, 2.05) is 24.3 Å². The van der Waals surface area contributed by atoms with Crippen LogP contribution in [0, 0.1) is 5.82 Å². The van der Waals surface area contributed by atoms with Crippen LogP contribution < -0.4 is 0 Å². The average Bonchev–Trinajstić information content (AvgIpc) is 2.39. The lowest BCUT2D eigenvalue weighted by Gasteiger charge is -2.05. The van der Waals surface area contributed by atoms with Gasteiger partial charge in [-0.15, -0.1) is 11.8 Å². The lowest BCUT2D eigenvalue weighted by molar-refractivity contribution is 0.101. The molecule has 0 saturated heterocycles. The molecule has 0 heterocycles. The van der Waals surface area contributed by atoms with Crippen LogP contribution in [-0.4, -0.2) is 5.78 Å². The lowest BCUT2D eigenvalue weighted by atomic mass is 10.1. The van der Waals surface area contributed by atoms with Crippen molar-refractivity contribution in [2.24, 2.45) is 0 Å². The summed E-state index contributed by atoms with van der Waals surface area (Å²) < 4.78 is 13.8. The first-order valence-electron chi connectivity index (χ1n) is 5.74. The van der Waals surface area contributed by atoms with E-state index in [-0.39, 0.29) is 11.6 Å². The topological polar surface area (TPSA) is 17.1 Å². The zero-order valence-electron chi connectivity index (χ0n) is 10.3. The minimum Gasteiger partial charge on any atom is -0.295 e. The van der Waals surface area contributed by atoms with Gasteiger partial charge in [0, 0.05) is 21.2 Å². The zero-order chi connectivity index (χ0) is 13.8. The van der Waals surface area contributed by atoms with Crippen LogP contribution in [0.25, 0.3) is 0 Å². The third-order valence-corrected chi connectivity index (χ3v) is 4.02. The van der Waals surface area contributed by atoms with Crippen LogP contribution in [0.5, 0.6) is 0 Å². The molecule has 0 radical (unpaired) electrons. The van der Waals surface area contributed by atoms with E-state index in [0.717, 1.165) is 5.56 Å². The maximum Gasteiger partial charge on any atom is 0.159 e. The highest BCUT2D eigenvalue weighted by atomic mass is 35.5. The van der Waals surface area contributed by atoms with Crippen molar-refractivity contribution < 1.29 is 9.18 Å². The van der Waals surface area contributed by atoms with Crippen molar-refractivity contribution in [3.8, 4) is 0 Å². The van der Waals surface area contributed by atoms with E-state index in [1.54, 1.807) is 12.1 Å². The van der Waals surface area contributed by atoms with Gasteiger partial charge in [-0.1, -0.05) is 29.8 Å². The Morgan fingerprint density at radius 3 is 2.47 bits per heavy atom. The standard InChI is InChI=1S/C15H12ClFOS/c1-10(18)12-4-7-15(14(17)8-12)19-9-11-2-5-13(16)6-3-11/h2-8H,9H2,1H3. The number of carbonyl (C=O) groups excluding carboxylic acids is 1. The number of thioether (sulfide) groups is 1. The molecule has 19 heavy (non-hydrogen) atoms. The van der Waals surface area contributed by atoms with Crippen LogP contribution in [0.15, 0.2) is 47.4 Å². The first-order chi connectivity index (χ1) is 9.06. The average molecular weight is 295 g/mol. The van der Waals surface area contributed by atoms with Crippen molar-refractivity contribution in [3.63, 3.8) is 0 Å². The molecular formula is C15H12ClFOS. The molecule has 0 aliphatic carbocycles. The maximum absolute atomic E-state index is 13.8. The van der Waals surface area contributed by atoms with Crippen LogP contribution in [-0.2, 0) is 5.75 Å².